The van der Waals surface area contributed by atoms with Crippen LogP contribution in [-0.2, 0) is 4.79 Å². The second-order valence-electron chi connectivity index (χ2n) is 9.26. The van der Waals surface area contributed by atoms with Crippen LogP contribution in [-0.4, -0.2) is 46.4 Å². The molecule has 2 N–H and O–H groups in total. The van der Waals surface area contributed by atoms with Crippen molar-refractivity contribution in [3.05, 3.63) is 82.9 Å². The van der Waals surface area contributed by atoms with Gasteiger partial charge in [0.15, 0.2) is 4.34 Å². The Morgan fingerprint density at radius 1 is 0.921 bits per heavy atom. The molecule has 0 atom stereocenters. The van der Waals surface area contributed by atoms with Gasteiger partial charge in [0.25, 0.3) is 11.8 Å². The molecule has 0 aliphatic carbocycles. The summed E-state index contributed by atoms with van der Waals surface area (Å²) < 4.78 is 1.68. The molecular weight excluding hydrogens is 516 g/mol. The number of nitrogens with one attached hydrogen (secondary N) is 2. The van der Waals surface area contributed by atoms with E-state index >= 15 is 0 Å². The van der Waals surface area contributed by atoms with Crippen molar-refractivity contribution in [1.29, 1.82) is 0 Å². The molecule has 1 aromatic heterocycles. The van der Waals surface area contributed by atoms with E-state index in [2.05, 4.69) is 15.6 Å². The predicted molar refractivity (Wildman–Crippen MR) is 154 cm³/mol. The summed E-state index contributed by atoms with van der Waals surface area (Å²) in [5, 5.41) is 5.93. The molecule has 2 heterocycles. The molecule has 1 aliphatic rings. The number of thiazole rings is 1. The number of fused-ring (bicyclic) bond motifs is 1. The van der Waals surface area contributed by atoms with Gasteiger partial charge in [-0.1, -0.05) is 42.1 Å². The minimum absolute atomic E-state index is 0.0817. The molecule has 1 fully saturated rings. The second-order valence-corrected chi connectivity index (χ2v) is 11.5. The van der Waals surface area contributed by atoms with Crippen molar-refractivity contribution in [3.8, 4) is 0 Å². The van der Waals surface area contributed by atoms with E-state index in [-0.39, 0.29) is 23.5 Å². The summed E-state index contributed by atoms with van der Waals surface area (Å²) >= 11 is 2.86. The van der Waals surface area contributed by atoms with E-state index in [0.29, 0.717) is 16.8 Å². The maximum Gasteiger partial charge on any atom is 0.256 e. The first-order valence-electron chi connectivity index (χ1n) is 12.5. The molecule has 7 nitrogen and oxygen atoms in total. The Bertz CT molecular complexity index is 1510. The first-order chi connectivity index (χ1) is 18.4. The maximum absolute atomic E-state index is 13.1. The zero-order chi connectivity index (χ0) is 26.6. The van der Waals surface area contributed by atoms with Gasteiger partial charge < -0.3 is 15.5 Å². The molecule has 3 aromatic carbocycles. The number of nitrogens with zero attached hydrogens (tertiary/aromatic N) is 2. The van der Waals surface area contributed by atoms with Crippen LogP contribution in [0, 0.1) is 13.8 Å². The van der Waals surface area contributed by atoms with Crippen LogP contribution >= 0.6 is 23.1 Å². The molecule has 0 unspecified atom stereocenters. The summed E-state index contributed by atoms with van der Waals surface area (Å²) in [6, 6.07) is 18.4. The fourth-order valence-corrected chi connectivity index (χ4v) is 6.42. The molecule has 5 rings (SSSR count). The number of likely N-dealkylation sites (tertiary alicyclic amines) is 1. The van der Waals surface area contributed by atoms with Crippen LogP contribution in [0.15, 0.2) is 65.0 Å². The third kappa shape index (κ3) is 5.74. The number of hydrogen-bond donors (Lipinski definition) is 2. The standard InChI is InChI=1S/C29H28N4O3S2/c1-18-8-7-9-19(2)26(18)32-25(34)17-37-29-31-23-13-12-20(16-24(23)38-29)30-27(35)21-10-3-4-11-22(21)28(36)33-14-5-6-15-33/h3-4,7-13,16H,5-6,14-15,17H2,1-2H3,(H,30,35)(H,32,34). The number of rotatable bonds is 7. The van der Waals surface area contributed by atoms with Crippen molar-refractivity contribution < 1.29 is 14.4 Å². The van der Waals surface area contributed by atoms with Crippen molar-refractivity contribution in [1.82, 2.24) is 9.88 Å². The van der Waals surface area contributed by atoms with E-state index in [1.165, 1.54) is 23.1 Å². The number of anilines is 2. The highest BCUT2D eigenvalue weighted by Crippen LogP contribution is 2.32. The molecule has 0 radical (unpaired) electrons. The maximum atomic E-state index is 13.1. The summed E-state index contributed by atoms with van der Waals surface area (Å²) in [6.45, 7) is 5.40. The van der Waals surface area contributed by atoms with Crippen LogP contribution in [0.1, 0.15) is 44.7 Å². The summed E-state index contributed by atoms with van der Waals surface area (Å²) in [5.41, 5.74) is 5.12. The summed E-state index contributed by atoms with van der Waals surface area (Å²) in [7, 11) is 0. The number of aryl methyl sites for hydroxylation is 2. The average Bonchev–Trinajstić information content (AvgIpc) is 3.59. The van der Waals surface area contributed by atoms with Crippen LogP contribution in [0.2, 0.25) is 0 Å². The Balaban J connectivity index is 1.25. The Hall–Kier alpha value is -3.69. The summed E-state index contributed by atoms with van der Waals surface area (Å²) in [4.78, 5) is 45.1. The predicted octanol–water partition coefficient (Wildman–Crippen LogP) is 6.13. The van der Waals surface area contributed by atoms with E-state index < -0.39 is 0 Å². The van der Waals surface area contributed by atoms with Gasteiger partial charge in [0.1, 0.15) is 0 Å². The summed E-state index contributed by atoms with van der Waals surface area (Å²) in [6.07, 6.45) is 1.98. The number of hydrogen-bond acceptors (Lipinski definition) is 6. The molecule has 9 heteroatoms. The second kappa shape index (κ2) is 11.4. The fraction of sp³-hybridized carbons (Fsp3) is 0.241. The number of aromatic nitrogens is 1. The van der Waals surface area contributed by atoms with E-state index in [4.69, 9.17) is 0 Å². The van der Waals surface area contributed by atoms with Crippen molar-refractivity contribution >= 4 is 62.4 Å². The van der Waals surface area contributed by atoms with Gasteiger partial charge in [0.05, 0.1) is 27.1 Å². The molecule has 3 amide bonds. The number of para-hydroxylation sites is 1. The number of carbonyl (C=O) groups excluding carboxylic acids is 3. The van der Waals surface area contributed by atoms with Gasteiger partial charge >= 0.3 is 0 Å². The van der Waals surface area contributed by atoms with Crippen LogP contribution in [0.25, 0.3) is 10.2 Å². The Morgan fingerprint density at radius 2 is 1.63 bits per heavy atom. The van der Waals surface area contributed by atoms with Gasteiger partial charge in [-0.15, -0.1) is 11.3 Å². The van der Waals surface area contributed by atoms with Crippen LogP contribution in [0.3, 0.4) is 0 Å². The highest BCUT2D eigenvalue weighted by molar-refractivity contribution is 8.01. The molecule has 1 aliphatic heterocycles. The average molecular weight is 545 g/mol. The Kier molecular flexibility index (Phi) is 7.76. The van der Waals surface area contributed by atoms with Crippen LogP contribution in [0.5, 0.6) is 0 Å². The minimum Gasteiger partial charge on any atom is -0.339 e. The van der Waals surface area contributed by atoms with E-state index in [1.807, 2.05) is 44.2 Å². The van der Waals surface area contributed by atoms with Crippen LogP contribution < -0.4 is 10.6 Å². The zero-order valence-corrected chi connectivity index (χ0v) is 22.9. The van der Waals surface area contributed by atoms with Gasteiger partial charge in [-0.05, 0) is 68.1 Å². The third-order valence-corrected chi connectivity index (χ3v) is 8.66. The molecule has 0 saturated carbocycles. The van der Waals surface area contributed by atoms with Crippen molar-refractivity contribution in [3.63, 3.8) is 0 Å². The fourth-order valence-electron chi connectivity index (χ4n) is 4.51. The largest absolute Gasteiger partial charge is 0.339 e. The molecule has 0 bridgehead atoms. The quantitative estimate of drug-likeness (QED) is 0.273. The minimum atomic E-state index is -0.324. The molecule has 194 valence electrons. The molecule has 38 heavy (non-hydrogen) atoms. The monoisotopic (exact) mass is 544 g/mol. The molecular formula is C29H28N4O3S2. The highest BCUT2D eigenvalue weighted by atomic mass is 32.2. The van der Waals surface area contributed by atoms with E-state index in [9.17, 15) is 14.4 Å². The molecule has 1 saturated heterocycles. The number of amides is 3. The molecule has 0 spiro atoms. The van der Waals surface area contributed by atoms with Crippen LogP contribution in [0.4, 0.5) is 11.4 Å². The first kappa shape index (κ1) is 25.9. The van der Waals surface area contributed by atoms with Gasteiger partial charge in [-0.3, -0.25) is 14.4 Å². The molecule has 4 aromatic rings. The van der Waals surface area contributed by atoms with Gasteiger partial charge in [0.2, 0.25) is 5.91 Å². The lowest BCUT2D eigenvalue weighted by Crippen LogP contribution is -2.29. The third-order valence-electron chi connectivity index (χ3n) is 6.49. The van der Waals surface area contributed by atoms with E-state index in [0.717, 1.165) is 57.3 Å². The van der Waals surface area contributed by atoms with Crippen molar-refractivity contribution in [2.45, 2.75) is 31.0 Å². The lowest BCUT2D eigenvalue weighted by atomic mass is 10.1. The Morgan fingerprint density at radius 3 is 2.37 bits per heavy atom. The topological polar surface area (TPSA) is 91.4 Å². The van der Waals surface area contributed by atoms with Gasteiger partial charge in [0, 0.05) is 24.5 Å². The smallest absolute Gasteiger partial charge is 0.256 e. The summed E-state index contributed by atoms with van der Waals surface area (Å²) in [5.74, 6) is -0.259. The van der Waals surface area contributed by atoms with Crippen molar-refractivity contribution in [2.75, 3.05) is 29.5 Å². The van der Waals surface area contributed by atoms with Gasteiger partial charge in [-0.2, -0.15) is 0 Å². The number of carbonyl (C=O) groups is 3. The highest BCUT2D eigenvalue weighted by Gasteiger charge is 2.24. The first-order valence-corrected chi connectivity index (χ1v) is 14.3. The lowest BCUT2D eigenvalue weighted by Gasteiger charge is -2.17. The zero-order valence-electron chi connectivity index (χ0n) is 21.2. The van der Waals surface area contributed by atoms with Crippen molar-refractivity contribution in [2.24, 2.45) is 0 Å². The number of thioether (sulfide) groups is 1. The van der Waals surface area contributed by atoms with Gasteiger partial charge in [-0.25, -0.2) is 4.98 Å². The normalized spacial score (nSPS) is 13.1. The number of benzene rings is 3. The SMILES string of the molecule is Cc1cccc(C)c1NC(=O)CSc1nc2ccc(NC(=O)c3ccccc3C(=O)N3CCCC3)cc2s1. The lowest BCUT2D eigenvalue weighted by molar-refractivity contribution is -0.113. The van der Waals surface area contributed by atoms with E-state index in [1.54, 1.807) is 35.2 Å². The Labute approximate surface area is 229 Å².